The number of rotatable bonds is 5. The summed E-state index contributed by atoms with van der Waals surface area (Å²) in [6.07, 6.45) is 1.77. The van der Waals surface area contributed by atoms with Crippen LogP contribution in [0.1, 0.15) is 25.7 Å². The van der Waals surface area contributed by atoms with E-state index in [-0.39, 0.29) is 43.9 Å². The lowest BCUT2D eigenvalue weighted by molar-refractivity contribution is -0.135. The molecule has 1 saturated carbocycles. The van der Waals surface area contributed by atoms with Gasteiger partial charge in [0.2, 0.25) is 15.9 Å². The first-order chi connectivity index (χ1) is 15.2. The van der Waals surface area contributed by atoms with Gasteiger partial charge in [0.05, 0.1) is 4.90 Å². The van der Waals surface area contributed by atoms with Crippen LogP contribution >= 0.6 is 0 Å². The Morgan fingerprint density at radius 3 is 1.97 bits per heavy atom. The fourth-order valence-electron chi connectivity index (χ4n) is 4.58. The topological polar surface area (TPSA) is 91.8 Å². The Morgan fingerprint density at radius 2 is 1.38 bits per heavy atom. The van der Waals surface area contributed by atoms with Gasteiger partial charge in [0.15, 0.2) is 14.6 Å². The van der Waals surface area contributed by atoms with E-state index in [0.717, 1.165) is 10.4 Å². The number of hydrogen-bond donors (Lipinski definition) is 0. The Labute approximate surface area is 187 Å². The third-order valence-electron chi connectivity index (χ3n) is 6.35. The third-order valence-corrected chi connectivity index (χ3v) is 10.8. The number of nitrogens with zero attached hydrogens (tertiary/aromatic N) is 2. The lowest BCUT2D eigenvalue weighted by Crippen LogP contribution is -2.58. The lowest BCUT2D eigenvalue weighted by Gasteiger charge is -2.39. The van der Waals surface area contributed by atoms with Crippen LogP contribution in [0, 0.1) is 5.82 Å². The molecule has 32 heavy (non-hydrogen) atoms. The van der Waals surface area contributed by atoms with E-state index in [0.29, 0.717) is 12.8 Å². The van der Waals surface area contributed by atoms with Crippen LogP contribution in [0.15, 0.2) is 64.4 Å². The average Bonchev–Trinajstić information content (AvgIpc) is 3.31. The van der Waals surface area contributed by atoms with Crippen molar-refractivity contribution in [2.75, 3.05) is 26.2 Å². The van der Waals surface area contributed by atoms with E-state index in [1.54, 1.807) is 18.2 Å². The van der Waals surface area contributed by atoms with Crippen molar-refractivity contribution in [3.8, 4) is 0 Å². The van der Waals surface area contributed by atoms with Gasteiger partial charge in [0.25, 0.3) is 0 Å². The molecule has 1 amide bonds. The van der Waals surface area contributed by atoms with Crippen molar-refractivity contribution < 1.29 is 26.0 Å². The predicted molar refractivity (Wildman–Crippen MR) is 117 cm³/mol. The molecule has 0 bridgehead atoms. The van der Waals surface area contributed by atoms with Crippen LogP contribution in [0.3, 0.4) is 0 Å². The highest BCUT2D eigenvalue weighted by molar-refractivity contribution is 7.93. The molecule has 0 radical (unpaired) electrons. The quantitative estimate of drug-likeness (QED) is 0.656. The second kappa shape index (κ2) is 8.57. The van der Waals surface area contributed by atoms with Crippen LogP contribution in [-0.2, 0) is 24.7 Å². The number of amides is 1. The van der Waals surface area contributed by atoms with E-state index in [9.17, 15) is 26.0 Å². The Morgan fingerprint density at radius 1 is 0.812 bits per heavy atom. The largest absolute Gasteiger partial charge is 0.339 e. The van der Waals surface area contributed by atoms with Gasteiger partial charge in [-0.05, 0) is 37.1 Å². The molecule has 1 heterocycles. The molecule has 1 aliphatic heterocycles. The first kappa shape index (κ1) is 22.9. The Hall–Kier alpha value is -2.30. The van der Waals surface area contributed by atoms with E-state index < -0.39 is 41.2 Å². The molecule has 4 rings (SSSR count). The smallest absolute Gasteiger partial charge is 0.246 e. The van der Waals surface area contributed by atoms with Crippen LogP contribution in [-0.4, -0.2) is 62.9 Å². The minimum Gasteiger partial charge on any atom is -0.339 e. The fourth-order valence-corrected chi connectivity index (χ4v) is 8.22. The minimum absolute atomic E-state index is 0.0239. The maximum Gasteiger partial charge on any atom is 0.246 e. The molecule has 0 atom stereocenters. The zero-order valence-corrected chi connectivity index (χ0v) is 19.1. The van der Waals surface area contributed by atoms with E-state index in [1.807, 2.05) is 0 Å². The van der Waals surface area contributed by atoms with Gasteiger partial charge < -0.3 is 4.90 Å². The fraction of sp³-hybridized carbons (Fsp3) is 0.409. The predicted octanol–water partition coefficient (Wildman–Crippen LogP) is 2.45. The zero-order chi connectivity index (χ0) is 23.0. The second-order valence-electron chi connectivity index (χ2n) is 8.14. The van der Waals surface area contributed by atoms with Crippen molar-refractivity contribution >= 4 is 25.8 Å². The van der Waals surface area contributed by atoms with E-state index in [2.05, 4.69) is 0 Å². The summed E-state index contributed by atoms with van der Waals surface area (Å²) in [6.45, 7) is 0.0604. The van der Waals surface area contributed by atoms with Crippen molar-refractivity contribution in [3.63, 3.8) is 0 Å². The maximum atomic E-state index is 14.1. The van der Waals surface area contributed by atoms with Crippen molar-refractivity contribution in [3.05, 3.63) is 60.4 Å². The molecule has 2 aromatic rings. The molecular formula is C22H25FN2O5S2. The van der Waals surface area contributed by atoms with Gasteiger partial charge in [-0.15, -0.1) is 0 Å². The normalized spacial score (nSPS) is 19.7. The van der Waals surface area contributed by atoms with Crippen LogP contribution < -0.4 is 0 Å². The summed E-state index contributed by atoms with van der Waals surface area (Å²) >= 11 is 0. The Kier molecular flexibility index (Phi) is 6.12. The van der Waals surface area contributed by atoms with Crippen molar-refractivity contribution in [2.24, 2.45) is 0 Å². The summed E-state index contributed by atoms with van der Waals surface area (Å²) < 4.78 is 66.3. The molecule has 0 spiro atoms. The van der Waals surface area contributed by atoms with Gasteiger partial charge in [-0.3, -0.25) is 4.79 Å². The van der Waals surface area contributed by atoms with Gasteiger partial charge in [0, 0.05) is 26.2 Å². The van der Waals surface area contributed by atoms with Crippen LogP contribution in [0.5, 0.6) is 0 Å². The Balaban J connectivity index is 1.55. The summed E-state index contributed by atoms with van der Waals surface area (Å²) in [5, 5.41) is 0. The number of carbonyl (C=O) groups is 1. The first-order valence-corrected chi connectivity index (χ1v) is 13.5. The van der Waals surface area contributed by atoms with Gasteiger partial charge in [-0.25, -0.2) is 21.2 Å². The molecule has 0 aromatic heterocycles. The molecule has 0 N–H and O–H groups in total. The van der Waals surface area contributed by atoms with Crippen LogP contribution in [0.4, 0.5) is 4.39 Å². The minimum atomic E-state index is -4.05. The average molecular weight is 481 g/mol. The molecular weight excluding hydrogens is 455 g/mol. The number of hydrogen-bond acceptors (Lipinski definition) is 5. The van der Waals surface area contributed by atoms with Gasteiger partial charge in [-0.1, -0.05) is 43.2 Å². The zero-order valence-electron chi connectivity index (χ0n) is 17.5. The third kappa shape index (κ3) is 3.74. The van der Waals surface area contributed by atoms with Crippen molar-refractivity contribution in [1.82, 2.24) is 9.21 Å². The van der Waals surface area contributed by atoms with Gasteiger partial charge in [-0.2, -0.15) is 4.31 Å². The summed E-state index contributed by atoms with van der Waals surface area (Å²) in [6, 6.07) is 13.2. The molecule has 1 saturated heterocycles. The van der Waals surface area contributed by atoms with E-state index in [1.165, 1.54) is 35.2 Å². The standard InChI is InChI=1S/C22H25FN2O5S2/c23-19-10-4-5-11-20(19)32(29,30)25-16-14-24(15-17-25)21(26)22(12-6-7-13-22)31(27,28)18-8-2-1-3-9-18/h1-5,8-11H,6-7,12-17H2. The summed E-state index contributed by atoms with van der Waals surface area (Å²) in [4.78, 5) is 14.7. The monoisotopic (exact) mass is 480 g/mol. The number of halogens is 1. The molecule has 1 aliphatic carbocycles. The summed E-state index contributed by atoms with van der Waals surface area (Å²) in [5.41, 5.74) is 0. The van der Waals surface area contributed by atoms with E-state index >= 15 is 0 Å². The highest BCUT2D eigenvalue weighted by Crippen LogP contribution is 2.42. The maximum absolute atomic E-state index is 14.1. The molecule has 2 aliphatic rings. The molecule has 2 fully saturated rings. The number of carbonyl (C=O) groups excluding carboxylic acids is 1. The SMILES string of the molecule is O=C(N1CCN(S(=O)(=O)c2ccccc2F)CC1)C1(S(=O)(=O)c2ccccc2)CCCC1. The van der Waals surface area contributed by atoms with Crippen LogP contribution in [0.2, 0.25) is 0 Å². The van der Waals surface area contributed by atoms with Gasteiger partial charge in [0.1, 0.15) is 10.7 Å². The molecule has 10 heteroatoms. The lowest BCUT2D eigenvalue weighted by atomic mass is 10.0. The summed E-state index contributed by atoms with van der Waals surface area (Å²) in [5.74, 6) is -1.30. The highest BCUT2D eigenvalue weighted by Gasteiger charge is 2.54. The molecule has 7 nitrogen and oxygen atoms in total. The molecule has 172 valence electrons. The second-order valence-corrected chi connectivity index (χ2v) is 12.3. The highest BCUT2D eigenvalue weighted by atomic mass is 32.2. The van der Waals surface area contributed by atoms with Crippen molar-refractivity contribution in [2.45, 2.75) is 40.2 Å². The van der Waals surface area contributed by atoms with E-state index in [4.69, 9.17) is 0 Å². The number of sulfonamides is 1. The number of piperazine rings is 1. The first-order valence-electron chi connectivity index (χ1n) is 10.5. The summed E-state index contributed by atoms with van der Waals surface area (Å²) in [7, 11) is -7.96. The molecule has 2 aromatic carbocycles. The van der Waals surface area contributed by atoms with Crippen molar-refractivity contribution in [1.29, 1.82) is 0 Å². The Bertz CT molecular complexity index is 1200. The molecule has 0 unspecified atom stereocenters. The number of sulfone groups is 1. The van der Waals surface area contributed by atoms with Gasteiger partial charge >= 0.3 is 0 Å². The van der Waals surface area contributed by atoms with Crippen LogP contribution in [0.25, 0.3) is 0 Å². The number of benzene rings is 2.